The average Bonchev–Trinajstić information content (AvgIpc) is 3.36. The standard InChI is InChI=1S/C24H23BN4O2/c1-3-28-21-11-7-5-9-19(21)26-23(28)16-13-17(15-18(14-16)25(30)31)24-27-20-10-6-8-12-22(20)29(24)4-2/h5-15,30-31H,3-4H2,1-2H3. The van der Waals surface area contributed by atoms with Crippen molar-refractivity contribution in [3.05, 3.63) is 66.7 Å². The largest absolute Gasteiger partial charge is 0.488 e. The minimum absolute atomic E-state index is 0.414. The Morgan fingerprint density at radius 2 is 1.16 bits per heavy atom. The summed E-state index contributed by atoms with van der Waals surface area (Å²) in [6.45, 7) is 5.68. The summed E-state index contributed by atoms with van der Waals surface area (Å²) in [6.07, 6.45) is 0. The smallest absolute Gasteiger partial charge is 0.423 e. The topological polar surface area (TPSA) is 76.1 Å². The molecule has 0 aliphatic rings. The Bertz CT molecular complexity index is 1300. The maximum atomic E-state index is 10.0. The summed E-state index contributed by atoms with van der Waals surface area (Å²) >= 11 is 0. The van der Waals surface area contributed by atoms with E-state index in [2.05, 4.69) is 35.1 Å². The molecule has 0 aliphatic heterocycles. The van der Waals surface area contributed by atoms with Crippen LogP contribution in [0.3, 0.4) is 0 Å². The number of fused-ring (bicyclic) bond motifs is 2. The molecular weight excluding hydrogens is 387 g/mol. The van der Waals surface area contributed by atoms with Gasteiger partial charge in [-0.15, -0.1) is 0 Å². The highest BCUT2D eigenvalue weighted by Gasteiger charge is 2.20. The maximum Gasteiger partial charge on any atom is 0.488 e. The van der Waals surface area contributed by atoms with Crippen molar-refractivity contribution in [2.75, 3.05) is 0 Å². The first-order chi connectivity index (χ1) is 15.1. The fraction of sp³-hybridized carbons (Fsp3) is 0.167. The fourth-order valence-corrected chi connectivity index (χ4v) is 4.29. The zero-order valence-corrected chi connectivity index (χ0v) is 17.5. The van der Waals surface area contributed by atoms with E-state index in [4.69, 9.17) is 9.97 Å². The first kappa shape index (κ1) is 19.5. The number of hydrogen-bond donors (Lipinski definition) is 2. The Labute approximate surface area is 180 Å². The van der Waals surface area contributed by atoms with Crippen LogP contribution in [0, 0.1) is 0 Å². The highest BCUT2D eigenvalue weighted by Crippen LogP contribution is 2.30. The van der Waals surface area contributed by atoms with Gasteiger partial charge >= 0.3 is 7.12 Å². The van der Waals surface area contributed by atoms with Crippen LogP contribution in [0.2, 0.25) is 0 Å². The van der Waals surface area contributed by atoms with Gasteiger partial charge in [-0.2, -0.15) is 0 Å². The molecule has 2 aromatic heterocycles. The number of rotatable bonds is 5. The van der Waals surface area contributed by atoms with Crippen molar-refractivity contribution in [2.24, 2.45) is 0 Å². The minimum Gasteiger partial charge on any atom is -0.423 e. The van der Waals surface area contributed by atoms with Crippen molar-refractivity contribution in [1.82, 2.24) is 19.1 Å². The van der Waals surface area contributed by atoms with Gasteiger partial charge in [0.2, 0.25) is 0 Å². The fourth-order valence-electron chi connectivity index (χ4n) is 4.29. The third kappa shape index (κ3) is 3.23. The molecule has 6 nitrogen and oxygen atoms in total. The summed E-state index contributed by atoms with van der Waals surface area (Å²) in [4.78, 5) is 9.69. The molecule has 154 valence electrons. The Balaban J connectivity index is 1.77. The number of aromatic nitrogens is 4. The van der Waals surface area contributed by atoms with Gasteiger partial charge in [-0.05, 0) is 49.6 Å². The van der Waals surface area contributed by atoms with E-state index >= 15 is 0 Å². The van der Waals surface area contributed by atoms with Gasteiger partial charge in [0.05, 0.1) is 22.1 Å². The molecule has 0 bridgehead atoms. The van der Waals surface area contributed by atoms with E-state index in [1.165, 1.54) is 0 Å². The van der Waals surface area contributed by atoms with Gasteiger partial charge in [-0.3, -0.25) is 0 Å². The molecule has 2 N–H and O–H groups in total. The van der Waals surface area contributed by atoms with E-state index in [-0.39, 0.29) is 0 Å². The normalized spacial score (nSPS) is 11.5. The van der Waals surface area contributed by atoms with Crippen LogP contribution in [0.15, 0.2) is 66.7 Å². The van der Waals surface area contributed by atoms with E-state index in [0.717, 1.165) is 57.9 Å². The van der Waals surface area contributed by atoms with E-state index in [0.29, 0.717) is 5.46 Å². The SMILES string of the molecule is CCn1c(-c2cc(B(O)O)cc(-c3nc4ccccc4n3CC)c2)nc2ccccc21. The van der Waals surface area contributed by atoms with Crippen LogP contribution in [0.4, 0.5) is 0 Å². The molecule has 0 radical (unpaired) electrons. The van der Waals surface area contributed by atoms with E-state index in [1.807, 2.05) is 42.5 Å². The lowest BCUT2D eigenvalue weighted by Gasteiger charge is -2.12. The Morgan fingerprint density at radius 1 is 0.710 bits per heavy atom. The number of hydrogen-bond acceptors (Lipinski definition) is 4. The Kier molecular flexibility index (Phi) is 4.84. The average molecular weight is 410 g/mol. The number of nitrogens with zero attached hydrogens (tertiary/aromatic N) is 4. The third-order valence-electron chi connectivity index (χ3n) is 5.71. The molecule has 0 saturated carbocycles. The summed E-state index contributed by atoms with van der Waals surface area (Å²) in [5.41, 5.74) is 6.00. The van der Waals surface area contributed by atoms with Crippen LogP contribution >= 0.6 is 0 Å². The van der Waals surface area contributed by atoms with Crippen LogP contribution in [-0.4, -0.2) is 36.3 Å². The molecule has 2 heterocycles. The predicted molar refractivity (Wildman–Crippen MR) is 125 cm³/mol. The monoisotopic (exact) mass is 410 g/mol. The van der Waals surface area contributed by atoms with E-state index in [1.54, 1.807) is 12.1 Å². The van der Waals surface area contributed by atoms with Gasteiger partial charge in [0.15, 0.2) is 0 Å². The number of imidazole rings is 2. The molecule has 0 spiro atoms. The molecule has 5 rings (SSSR count). The van der Waals surface area contributed by atoms with Crippen LogP contribution in [0.25, 0.3) is 44.8 Å². The summed E-state index contributed by atoms with van der Waals surface area (Å²) in [5, 5.41) is 20.0. The molecule has 7 heteroatoms. The first-order valence-electron chi connectivity index (χ1n) is 10.5. The molecule has 3 aromatic carbocycles. The number of benzene rings is 3. The molecule has 5 aromatic rings. The number of aryl methyl sites for hydroxylation is 2. The molecule has 0 atom stereocenters. The second kappa shape index (κ2) is 7.69. The van der Waals surface area contributed by atoms with Crippen molar-refractivity contribution in [1.29, 1.82) is 0 Å². The van der Waals surface area contributed by atoms with Crippen molar-refractivity contribution in [3.8, 4) is 22.8 Å². The summed E-state index contributed by atoms with van der Waals surface area (Å²) in [6, 6.07) is 21.7. The molecule has 0 fully saturated rings. The summed E-state index contributed by atoms with van der Waals surface area (Å²) in [7, 11) is -1.59. The second-order valence-electron chi connectivity index (χ2n) is 7.55. The molecule has 0 unspecified atom stereocenters. The van der Waals surface area contributed by atoms with Crippen LogP contribution in [0.5, 0.6) is 0 Å². The third-order valence-corrected chi connectivity index (χ3v) is 5.71. The lowest BCUT2D eigenvalue weighted by atomic mass is 9.78. The molecule has 0 amide bonds. The lowest BCUT2D eigenvalue weighted by molar-refractivity contribution is 0.426. The molecule has 0 saturated heterocycles. The highest BCUT2D eigenvalue weighted by molar-refractivity contribution is 6.58. The zero-order chi connectivity index (χ0) is 21.5. The maximum absolute atomic E-state index is 10.0. The van der Waals surface area contributed by atoms with Crippen molar-refractivity contribution in [2.45, 2.75) is 26.9 Å². The molecular formula is C24H23BN4O2. The predicted octanol–water partition coefficient (Wildman–Crippen LogP) is 3.44. The van der Waals surface area contributed by atoms with Gasteiger partial charge in [-0.25, -0.2) is 9.97 Å². The van der Waals surface area contributed by atoms with Gasteiger partial charge in [0, 0.05) is 24.2 Å². The lowest BCUT2D eigenvalue weighted by Crippen LogP contribution is -2.30. The van der Waals surface area contributed by atoms with Crippen LogP contribution in [0.1, 0.15) is 13.8 Å². The van der Waals surface area contributed by atoms with Crippen molar-refractivity contribution in [3.63, 3.8) is 0 Å². The number of para-hydroxylation sites is 4. The first-order valence-corrected chi connectivity index (χ1v) is 10.5. The van der Waals surface area contributed by atoms with Crippen LogP contribution in [-0.2, 0) is 13.1 Å². The van der Waals surface area contributed by atoms with Crippen LogP contribution < -0.4 is 5.46 Å². The van der Waals surface area contributed by atoms with Gasteiger partial charge in [0.1, 0.15) is 11.6 Å². The Hall–Kier alpha value is -3.42. The van der Waals surface area contributed by atoms with Gasteiger partial charge < -0.3 is 19.2 Å². The minimum atomic E-state index is -1.59. The van der Waals surface area contributed by atoms with E-state index in [9.17, 15) is 10.0 Å². The van der Waals surface area contributed by atoms with Gasteiger partial charge in [0.25, 0.3) is 0 Å². The quantitative estimate of drug-likeness (QED) is 0.436. The zero-order valence-electron chi connectivity index (χ0n) is 17.5. The van der Waals surface area contributed by atoms with Crippen molar-refractivity contribution >= 4 is 34.6 Å². The van der Waals surface area contributed by atoms with E-state index < -0.39 is 7.12 Å². The summed E-state index contributed by atoms with van der Waals surface area (Å²) < 4.78 is 4.29. The highest BCUT2D eigenvalue weighted by atomic mass is 16.4. The Morgan fingerprint density at radius 3 is 1.58 bits per heavy atom. The molecule has 0 aliphatic carbocycles. The van der Waals surface area contributed by atoms with Crippen molar-refractivity contribution < 1.29 is 10.0 Å². The molecule has 31 heavy (non-hydrogen) atoms. The van der Waals surface area contributed by atoms with Gasteiger partial charge in [-0.1, -0.05) is 36.4 Å². The second-order valence-corrected chi connectivity index (χ2v) is 7.55. The summed E-state index contributed by atoms with van der Waals surface area (Å²) in [5.74, 6) is 1.60.